The van der Waals surface area contributed by atoms with Crippen LogP contribution in [0.15, 0.2) is 22.8 Å². The van der Waals surface area contributed by atoms with Gasteiger partial charge in [-0.2, -0.15) is 10.2 Å². The van der Waals surface area contributed by atoms with Gasteiger partial charge in [0.25, 0.3) is 0 Å². The van der Waals surface area contributed by atoms with E-state index in [1.807, 2.05) is 12.1 Å². The predicted octanol–water partition coefficient (Wildman–Crippen LogP) is 3.30. The van der Waals surface area contributed by atoms with Crippen molar-refractivity contribution in [2.75, 3.05) is 7.11 Å². The van der Waals surface area contributed by atoms with Crippen molar-refractivity contribution in [3.63, 3.8) is 0 Å². The summed E-state index contributed by atoms with van der Waals surface area (Å²) in [6.07, 6.45) is 1.68. The summed E-state index contributed by atoms with van der Waals surface area (Å²) in [5.41, 5.74) is 1.96. The molecule has 0 radical (unpaired) electrons. The number of fused-ring (bicyclic) bond motifs is 1. The molecule has 0 bridgehead atoms. The molecule has 3 nitrogen and oxygen atoms in total. The maximum Gasteiger partial charge on any atom is 0.119 e. The van der Waals surface area contributed by atoms with E-state index in [4.69, 9.17) is 4.74 Å². The van der Waals surface area contributed by atoms with Crippen LogP contribution in [0.4, 0.5) is 0 Å². The van der Waals surface area contributed by atoms with E-state index >= 15 is 0 Å². The van der Waals surface area contributed by atoms with Crippen molar-refractivity contribution in [3.05, 3.63) is 28.4 Å². The van der Waals surface area contributed by atoms with Gasteiger partial charge < -0.3 is 4.74 Å². The molecule has 0 atom stereocenters. The molecule has 0 spiro atoms. The number of rotatable bonds is 2. The third-order valence-electron chi connectivity index (χ3n) is 2.13. The first-order valence-corrected chi connectivity index (χ1v) is 6.21. The summed E-state index contributed by atoms with van der Waals surface area (Å²) in [7, 11) is 1.65. The Morgan fingerprint density at radius 2 is 2.20 bits per heavy atom. The minimum atomic E-state index is 0.728. The second-order valence-electron chi connectivity index (χ2n) is 3.01. The number of aromatic nitrogens is 2. The molecule has 0 saturated carbocycles. The van der Waals surface area contributed by atoms with Crippen molar-refractivity contribution in [1.82, 2.24) is 10.2 Å². The standard InChI is InChI=1S/C10H8Br2N2O/c1-15-7-2-6(4-11)10-8(3-7)9(12)5-13-14-10/h2-3,5H,4H2,1H3. The summed E-state index contributed by atoms with van der Waals surface area (Å²) in [6.45, 7) is 0. The van der Waals surface area contributed by atoms with Crippen LogP contribution in [0.3, 0.4) is 0 Å². The van der Waals surface area contributed by atoms with Crippen LogP contribution in [0.2, 0.25) is 0 Å². The van der Waals surface area contributed by atoms with E-state index in [1.165, 1.54) is 0 Å². The number of hydrogen-bond acceptors (Lipinski definition) is 3. The minimum absolute atomic E-state index is 0.728. The second-order valence-corrected chi connectivity index (χ2v) is 4.42. The Morgan fingerprint density at radius 3 is 2.87 bits per heavy atom. The fraction of sp³-hybridized carbons (Fsp3) is 0.200. The number of ether oxygens (including phenoxy) is 1. The SMILES string of the molecule is COc1cc(CBr)c2nncc(Br)c2c1. The molecule has 0 aliphatic rings. The topological polar surface area (TPSA) is 35.0 Å². The molecule has 0 unspecified atom stereocenters. The zero-order valence-corrected chi connectivity index (χ0v) is 11.2. The summed E-state index contributed by atoms with van der Waals surface area (Å²) in [4.78, 5) is 0. The predicted molar refractivity (Wildman–Crippen MR) is 66.4 cm³/mol. The van der Waals surface area contributed by atoms with Crippen molar-refractivity contribution in [2.45, 2.75) is 5.33 Å². The maximum absolute atomic E-state index is 5.23. The van der Waals surface area contributed by atoms with Gasteiger partial charge in [0.05, 0.1) is 18.8 Å². The average Bonchev–Trinajstić information content (AvgIpc) is 2.28. The van der Waals surface area contributed by atoms with Crippen molar-refractivity contribution >= 4 is 42.8 Å². The Labute approximate surface area is 104 Å². The Balaban J connectivity index is 2.80. The number of hydrogen-bond donors (Lipinski definition) is 0. The molecule has 0 aliphatic heterocycles. The summed E-state index contributed by atoms with van der Waals surface area (Å²) in [5, 5.41) is 9.78. The van der Waals surface area contributed by atoms with Crippen molar-refractivity contribution in [2.24, 2.45) is 0 Å². The Kier molecular flexibility index (Phi) is 3.21. The fourth-order valence-electron chi connectivity index (χ4n) is 1.39. The molecular formula is C10H8Br2N2O. The van der Waals surface area contributed by atoms with E-state index in [2.05, 4.69) is 42.1 Å². The highest BCUT2D eigenvalue weighted by Crippen LogP contribution is 2.29. The lowest BCUT2D eigenvalue weighted by molar-refractivity contribution is 0.415. The van der Waals surface area contributed by atoms with Crippen LogP contribution in [0.1, 0.15) is 5.56 Å². The number of nitrogens with zero attached hydrogens (tertiary/aromatic N) is 2. The molecule has 2 aromatic rings. The molecule has 1 heterocycles. The number of halogens is 2. The first-order chi connectivity index (χ1) is 7.26. The lowest BCUT2D eigenvalue weighted by Crippen LogP contribution is -1.92. The smallest absolute Gasteiger partial charge is 0.119 e. The van der Waals surface area contributed by atoms with Gasteiger partial charge in [-0.05, 0) is 33.6 Å². The molecule has 0 N–H and O–H groups in total. The van der Waals surface area contributed by atoms with Gasteiger partial charge in [-0.15, -0.1) is 0 Å². The summed E-state index contributed by atoms with van der Waals surface area (Å²) in [5.74, 6) is 0.825. The largest absolute Gasteiger partial charge is 0.497 e. The second kappa shape index (κ2) is 4.45. The van der Waals surface area contributed by atoms with Gasteiger partial charge in [0.1, 0.15) is 5.75 Å². The van der Waals surface area contributed by atoms with Crippen LogP contribution in [0.25, 0.3) is 10.9 Å². The normalized spacial score (nSPS) is 10.6. The van der Waals surface area contributed by atoms with Gasteiger partial charge >= 0.3 is 0 Å². The van der Waals surface area contributed by atoms with Crippen LogP contribution < -0.4 is 4.74 Å². The van der Waals surface area contributed by atoms with E-state index in [0.29, 0.717) is 0 Å². The average molecular weight is 332 g/mol. The maximum atomic E-state index is 5.23. The zero-order valence-electron chi connectivity index (χ0n) is 8.00. The molecule has 0 amide bonds. The zero-order chi connectivity index (χ0) is 10.8. The molecule has 0 saturated heterocycles. The lowest BCUT2D eigenvalue weighted by atomic mass is 10.1. The Bertz CT molecular complexity index is 502. The molecule has 2 rings (SSSR count). The van der Waals surface area contributed by atoms with Crippen LogP contribution >= 0.6 is 31.9 Å². The summed E-state index contributed by atoms with van der Waals surface area (Å²) >= 11 is 6.88. The van der Waals surface area contributed by atoms with Crippen LogP contribution in [0, 0.1) is 0 Å². The molecule has 15 heavy (non-hydrogen) atoms. The number of benzene rings is 1. The first kappa shape index (κ1) is 10.8. The summed E-state index contributed by atoms with van der Waals surface area (Å²) in [6, 6.07) is 3.90. The van der Waals surface area contributed by atoms with Crippen LogP contribution in [0.5, 0.6) is 5.75 Å². The molecule has 0 fully saturated rings. The molecular weight excluding hydrogens is 324 g/mol. The van der Waals surface area contributed by atoms with Crippen LogP contribution in [-0.2, 0) is 5.33 Å². The third-order valence-corrected chi connectivity index (χ3v) is 3.36. The minimum Gasteiger partial charge on any atom is -0.497 e. The third kappa shape index (κ3) is 1.99. The van der Waals surface area contributed by atoms with Crippen molar-refractivity contribution in [1.29, 1.82) is 0 Å². The first-order valence-electron chi connectivity index (χ1n) is 4.30. The highest BCUT2D eigenvalue weighted by molar-refractivity contribution is 9.10. The Hall–Kier alpha value is -0.680. The highest BCUT2D eigenvalue weighted by Gasteiger charge is 2.08. The number of alkyl halides is 1. The van der Waals surface area contributed by atoms with Gasteiger partial charge in [-0.1, -0.05) is 15.9 Å². The van der Waals surface area contributed by atoms with Crippen LogP contribution in [-0.4, -0.2) is 17.3 Å². The Morgan fingerprint density at radius 1 is 1.40 bits per heavy atom. The van der Waals surface area contributed by atoms with Gasteiger partial charge in [-0.25, -0.2) is 0 Å². The van der Waals surface area contributed by atoms with E-state index in [-0.39, 0.29) is 0 Å². The van der Waals surface area contributed by atoms with Gasteiger partial charge in [0, 0.05) is 15.2 Å². The quantitative estimate of drug-likeness (QED) is 0.792. The van der Waals surface area contributed by atoms with E-state index < -0.39 is 0 Å². The van der Waals surface area contributed by atoms with Gasteiger partial charge in [0.15, 0.2) is 0 Å². The van der Waals surface area contributed by atoms with E-state index in [0.717, 1.165) is 32.0 Å². The van der Waals surface area contributed by atoms with Crippen molar-refractivity contribution in [3.8, 4) is 5.75 Å². The summed E-state index contributed by atoms with van der Waals surface area (Å²) < 4.78 is 6.15. The molecule has 78 valence electrons. The van der Waals surface area contributed by atoms with Gasteiger partial charge in [-0.3, -0.25) is 0 Å². The van der Waals surface area contributed by atoms with Gasteiger partial charge in [0.2, 0.25) is 0 Å². The highest BCUT2D eigenvalue weighted by atomic mass is 79.9. The molecule has 0 aliphatic carbocycles. The molecule has 1 aromatic heterocycles. The molecule has 1 aromatic carbocycles. The fourth-order valence-corrected chi connectivity index (χ4v) is 2.21. The monoisotopic (exact) mass is 330 g/mol. The van der Waals surface area contributed by atoms with E-state index in [9.17, 15) is 0 Å². The van der Waals surface area contributed by atoms with E-state index in [1.54, 1.807) is 13.3 Å². The number of methoxy groups -OCH3 is 1. The molecule has 5 heteroatoms. The lowest BCUT2D eigenvalue weighted by Gasteiger charge is -2.07. The van der Waals surface area contributed by atoms with Crippen molar-refractivity contribution < 1.29 is 4.74 Å².